The van der Waals surface area contributed by atoms with Crippen molar-refractivity contribution in [3.05, 3.63) is 63.9 Å². The zero-order valence-corrected chi connectivity index (χ0v) is 12.1. The summed E-state index contributed by atoms with van der Waals surface area (Å²) in [7, 11) is 0. The van der Waals surface area contributed by atoms with E-state index in [9.17, 15) is 9.50 Å². The van der Waals surface area contributed by atoms with E-state index in [1.807, 2.05) is 6.92 Å². The van der Waals surface area contributed by atoms with Crippen molar-refractivity contribution in [1.82, 2.24) is 0 Å². The predicted molar refractivity (Wildman–Crippen MR) is 77.6 cm³/mol. The van der Waals surface area contributed by atoms with E-state index in [0.29, 0.717) is 17.4 Å². The highest BCUT2D eigenvalue weighted by Gasteiger charge is 2.08. The molecule has 2 aromatic rings. The summed E-state index contributed by atoms with van der Waals surface area (Å²) >= 11 is 6.11. The molecule has 0 aliphatic rings. The van der Waals surface area contributed by atoms with Crippen LogP contribution in [0.2, 0.25) is 5.02 Å². The molecule has 0 radical (unpaired) electrons. The van der Waals surface area contributed by atoms with Gasteiger partial charge in [0.25, 0.3) is 0 Å². The minimum absolute atomic E-state index is 0.259. The van der Waals surface area contributed by atoms with E-state index in [-0.39, 0.29) is 5.82 Å². The molecule has 20 heavy (non-hydrogen) atoms. The van der Waals surface area contributed by atoms with Gasteiger partial charge in [0.15, 0.2) is 0 Å². The van der Waals surface area contributed by atoms with Crippen LogP contribution in [-0.4, -0.2) is 5.11 Å². The molecule has 2 nitrogen and oxygen atoms in total. The fourth-order valence-corrected chi connectivity index (χ4v) is 2.11. The SMILES string of the molecule is Cc1cc(F)ccc1COc1ccc([C@@H](C)O)cc1Cl. The third-order valence-corrected chi connectivity index (χ3v) is 3.42. The van der Waals surface area contributed by atoms with Crippen molar-refractivity contribution in [1.29, 1.82) is 0 Å². The lowest BCUT2D eigenvalue weighted by Gasteiger charge is -2.12. The van der Waals surface area contributed by atoms with Gasteiger partial charge in [-0.1, -0.05) is 23.7 Å². The molecule has 0 saturated carbocycles. The number of aliphatic hydroxyl groups is 1. The van der Waals surface area contributed by atoms with E-state index in [2.05, 4.69) is 0 Å². The van der Waals surface area contributed by atoms with Crippen molar-refractivity contribution in [3.8, 4) is 5.75 Å². The Balaban J connectivity index is 2.11. The fourth-order valence-electron chi connectivity index (χ4n) is 1.87. The third kappa shape index (κ3) is 3.50. The minimum Gasteiger partial charge on any atom is -0.487 e. The molecule has 1 N–H and O–H groups in total. The highest BCUT2D eigenvalue weighted by atomic mass is 35.5. The van der Waals surface area contributed by atoms with Crippen LogP contribution in [0.3, 0.4) is 0 Å². The first-order chi connectivity index (χ1) is 9.47. The fraction of sp³-hybridized carbons (Fsp3) is 0.250. The van der Waals surface area contributed by atoms with Crippen molar-refractivity contribution in [2.24, 2.45) is 0 Å². The molecule has 0 aromatic heterocycles. The maximum atomic E-state index is 13.0. The lowest BCUT2D eigenvalue weighted by Crippen LogP contribution is -1.99. The summed E-state index contributed by atoms with van der Waals surface area (Å²) in [5.74, 6) is 0.283. The number of benzene rings is 2. The Labute approximate surface area is 122 Å². The number of halogens is 2. The number of aryl methyl sites for hydroxylation is 1. The van der Waals surface area contributed by atoms with Gasteiger partial charge in [0.1, 0.15) is 18.2 Å². The van der Waals surface area contributed by atoms with E-state index in [4.69, 9.17) is 16.3 Å². The van der Waals surface area contributed by atoms with Crippen molar-refractivity contribution in [3.63, 3.8) is 0 Å². The zero-order chi connectivity index (χ0) is 14.7. The largest absolute Gasteiger partial charge is 0.487 e. The molecule has 0 heterocycles. The molecule has 0 bridgehead atoms. The van der Waals surface area contributed by atoms with Gasteiger partial charge < -0.3 is 9.84 Å². The molecular weight excluding hydrogens is 279 g/mol. The monoisotopic (exact) mass is 294 g/mol. The number of hydrogen-bond donors (Lipinski definition) is 1. The van der Waals surface area contributed by atoms with Crippen molar-refractivity contribution in [2.45, 2.75) is 26.6 Å². The highest BCUT2D eigenvalue weighted by molar-refractivity contribution is 6.32. The van der Waals surface area contributed by atoms with Crippen LogP contribution in [0, 0.1) is 12.7 Å². The first-order valence-electron chi connectivity index (χ1n) is 6.32. The molecular formula is C16H16ClFO2. The molecule has 0 unspecified atom stereocenters. The first kappa shape index (κ1) is 14.8. The van der Waals surface area contributed by atoms with Crippen LogP contribution in [0.15, 0.2) is 36.4 Å². The number of ether oxygens (including phenoxy) is 1. The summed E-state index contributed by atoms with van der Waals surface area (Å²) in [6.07, 6.45) is -0.569. The summed E-state index contributed by atoms with van der Waals surface area (Å²) in [4.78, 5) is 0. The van der Waals surface area contributed by atoms with Crippen LogP contribution in [0.1, 0.15) is 29.7 Å². The van der Waals surface area contributed by atoms with Gasteiger partial charge in [-0.3, -0.25) is 0 Å². The van der Waals surface area contributed by atoms with Crippen molar-refractivity contribution >= 4 is 11.6 Å². The third-order valence-electron chi connectivity index (χ3n) is 3.13. The summed E-state index contributed by atoms with van der Waals surface area (Å²) < 4.78 is 18.7. The molecule has 0 spiro atoms. The van der Waals surface area contributed by atoms with Crippen molar-refractivity contribution in [2.75, 3.05) is 0 Å². The van der Waals surface area contributed by atoms with Gasteiger partial charge in [-0.2, -0.15) is 0 Å². The number of aliphatic hydroxyl groups excluding tert-OH is 1. The smallest absolute Gasteiger partial charge is 0.138 e. The molecule has 0 aliphatic heterocycles. The number of rotatable bonds is 4. The lowest BCUT2D eigenvalue weighted by atomic mass is 10.1. The molecule has 106 valence electrons. The lowest BCUT2D eigenvalue weighted by molar-refractivity contribution is 0.199. The molecule has 0 fully saturated rings. The molecule has 1 atom stereocenters. The first-order valence-corrected chi connectivity index (χ1v) is 6.70. The maximum Gasteiger partial charge on any atom is 0.138 e. The molecule has 2 rings (SSSR count). The summed E-state index contributed by atoms with van der Waals surface area (Å²) in [5.41, 5.74) is 2.48. The van der Waals surface area contributed by atoms with Gasteiger partial charge in [-0.25, -0.2) is 4.39 Å². The van der Waals surface area contributed by atoms with E-state index in [1.165, 1.54) is 12.1 Å². The normalized spacial score (nSPS) is 12.2. The van der Waals surface area contributed by atoms with Gasteiger partial charge in [0, 0.05) is 0 Å². The van der Waals surface area contributed by atoms with Crippen LogP contribution in [0.5, 0.6) is 5.75 Å². The van der Waals surface area contributed by atoms with Gasteiger partial charge in [0.05, 0.1) is 11.1 Å². The zero-order valence-electron chi connectivity index (χ0n) is 11.4. The van der Waals surface area contributed by atoms with Gasteiger partial charge >= 0.3 is 0 Å². The second-order valence-corrected chi connectivity index (χ2v) is 5.13. The predicted octanol–water partition coefficient (Wildman–Crippen LogP) is 4.42. The average Bonchev–Trinajstić information content (AvgIpc) is 2.38. The van der Waals surface area contributed by atoms with Gasteiger partial charge in [-0.05, 0) is 54.8 Å². The van der Waals surface area contributed by atoms with Crippen LogP contribution in [-0.2, 0) is 6.61 Å². The van der Waals surface area contributed by atoms with Gasteiger partial charge in [0.2, 0.25) is 0 Å². The van der Waals surface area contributed by atoms with Crippen LogP contribution in [0.4, 0.5) is 4.39 Å². The van der Waals surface area contributed by atoms with E-state index in [0.717, 1.165) is 16.7 Å². The minimum atomic E-state index is -0.569. The highest BCUT2D eigenvalue weighted by Crippen LogP contribution is 2.28. The second-order valence-electron chi connectivity index (χ2n) is 4.73. The van der Waals surface area contributed by atoms with E-state index in [1.54, 1.807) is 31.2 Å². The van der Waals surface area contributed by atoms with Crippen LogP contribution >= 0.6 is 11.6 Å². The molecule has 0 aliphatic carbocycles. The Morgan fingerprint density at radius 2 is 2.00 bits per heavy atom. The van der Waals surface area contributed by atoms with Crippen LogP contribution in [0.25, 0.3) is 0 Å². The molecule has 0 saturated heterocycles. The van der Waals surface area contributed by atoms with E-state index >= 15 is 0 Å². The molecule has 2 aromatic carbocycles. The molecule has 0 amide bonds. The summed E-state index contributed by atoms with van der Waals surface area (Å²) in [6, 6.07) is 9.75. The average molecular weight is 295 g/mol. The number of hydrogen-bond acceptors (Lipinski definition) is 2. The van der Waals surface area contributed by atoms with Crippen molar-refractivity contribution < 1.29 is 14.2 Å². The Hall–Kier alpha value is -1.58. The van der Waals surface area contributed by atoms with Crippen LogP contribution < -0.4 is 4.74 Å². The Morgan fingerprint density at radius 1 is 1.25 bits per heavy atom. The summed E-state index contributed by atoms with van der Waals surface area (Å²) in [6.45, 7) is 3.83. The Kier molecular flexibility index (Phi) is 4.63. The Bertz CT molecular complexity index is 611. The Morgan fingerprint density at radius 3 is 2.60 bits per heavy atom. The summed E-state index contributed by atoms with van der Waals surface area (Å²) in [5, 5.41) is 9.92. The maximum absolute atomic E-state index is 13.0. The standard InChI is InChI=1S/C16H16ClFO2/c1-10-7-14(18)5-3-13(10)9-20-16-6-4-12(11(2)19)8-15(16)17/h3-8,11,19H,9H2,1-2H3/t11-/m1/s1. The quantitative estimate of drug-likeness (QED) is 0.904. The second kappa shape index (κ2) is 6.25. The molecule has 4 heteroatoms. The van der Waals surface area contributed by atoms with E-state index < -0.39 is 6.10 Å². The topological polar surface area (TPSA) is 29.5 Å². The van der Waals surface area contributed by atoms with Gasteiger partial charge in [-0.15, -0.1) is 0 Å².